The lowest BCUT2D eigenvalue weighted by atomic mass is 10.2. The molecule has 2 aromatic carbocycles. The van der Waals surface area contributed by atoms with Crippen LogP contribution in [0.5, 0.6) is 0 Å². The lowest BCUT2D eigenvalue weighted by molar-refractivity contribution is 0.0254. The number of morpholine rings is 1. The predicted molar refractivity (Wildman–Crippen MR) is 97.1 cm³/mol. The summed E-state index contributed by atoms with van der Waals surface area (Å²) in [5.74, 6) is -0.595. The number of fused-ring (bicyclic) bond motifs is 1. The third-order valence-electron chi connectivity index (χ3n) is 4.33. The molecule has 7 heteroatoms. The van der Waals surface area contributed by atoms with Crippen molar-refractivity contribution in [2.75, 3.05) is 34.9 Å². The predicted octanol–water partition coefficient (Wildman–Crippen LogP) is 3.86. The summed E-state index contributed by atoms with van der Waals surface area (Å²) in [4.78, 5) is 0. The molecule has 1 saturated heterocycles. The molecule has 2 aliphatic heterocycles. The summed E-state index contributed by atoms with van der Waals surface area (Å²) in [6, 6.07) is 11.2. The molecular formula is C18H19F2N3OS. The van der Waals surface area contributed by atoms with Crippen molar-refractivity contribution in [3.63, 3.8) is 0 Å². The summed E-state index contributed by atoms with van der Waals surface area (Å²) in [5.41, 5.74) is 2.02. The molecule has 0 saturated carbocycles. The van der Waals surface area contributed by atoms with Crippen LogP contribution in [0.2, 0.25) is 0 Å². The number of nitrogens with zero attached hydrogens (tertiary/aromatic N) is 2. The molecule has 1 fully saturated rings. The second kappa shape index (κ2) is 7.19. The molecule has 0 unspecified atom stereocenters. The van der Waals surface area contributed by atoms with E-state index in [1.165, 1.54) is 30.3 Å². The number of halogens is 2. The fourth-order valence-electron chi connectivity index (χ4n) is 3.07. The molecule has 2 aliphatic rings. The number of para-hydroxylation sites is 1. The Morgan fingerprint density at radius 1 is 1.12 bits per heavy atom. The molecule has 1 atom stereocenters. The van der Waals surface area contributed by atoms with Crippen LogP contribution in [-0.2, 0) is 4.74 Å². The van der Waals surface area contributed by atoms with E-state index in [1.807, 2.05) is 8.61 Å². The average molecular weight is 363 g/mol. The van der Waals surface area contributed by atoms with E-state index in [2.05, 4.69) is 5.32 Å². The second-order valence-corrected chi connectivity index (χ2v) is 7.02. The van der Waals surface area contributed by atoms with Gasteiger partial charge in [-0.3, -0.25) is 8.61 Å². The highest BCUT2D eigenvalue weighted by Gasteiger charge is 2.31. The SMILES string of the molecule is Fc1ccc2c(c1)N(CC[C@@H]1CNCCO1)SN2c1ccccc1F. The Morgan fingerprint density at radius 3 is 2.80 bits per heavy atom. The monoisotopic (exact) mass is 363 g/mol. The first-order chi connectivity index (χ1) is 12.2. The van der Waals surface area contributed by atoms with E-state index in [0.29, 0.717) is 18.8 Å². The van der Waals surface area contributed by atoms with Crippen molar-refractivity contribution in [3.05, 3.63) is 54.1 Å². The highest BCUT2D eigenvalue weighted by atomic mass is 32.2. The largest absolute Gasteiger partial charge is 0.376 e. The quantitative estimate of drug-likeness (QED) is 0.833. The Labute approximate surface area is 150 Å². The molecule has 0 amide bonds. The maximum absolute atomic E-state index is 14.2. The fraction of sp³-hybridized carbons (Fsp3) is 0.333. The van der Waals surface area contributed by atoms with E-state index in [1.54, 1.807) is 24.3 Å². The molecular weight excluding hydrogens is 344 g/mol. The molecule has 1 N–H and O–H groups in total. The molecule has 132 valence electrons. The van der Waals surface area contributed by atoms with E-state index in [9.17, 15) is 8.78 Å². The van der Waals surface area contributed by atoms with Crippen LogP contribution in [0, 0.1) is 11.6 Å². The molecule has 0 aromatic heterocycles. The van der Waals surface area contributed by atoms with E-state index in [-0.39, 0.29) is 17.7 Å². The van der Waals surface area contributed by atoms with Gasteiger partial charge in [0, 0.05) is 25.7 Å². The fourth-order valence-corrected chi connectivity index (χ4v) is 4.17. The first-order valence-corrected chi connectivity index (χ1v) is 9.07. The number of hydrogen-bond acceptors (Lipinski definition) is 5. The van der Waals surface area contributed by atoms with Crippen molar-refractivity contribution in [3.8, 4) is 0 Å². The third kappa shape index (κ3) is 3.44. The van der Waals surface area contributed by atoms with Gasteiger partial charge in [-0.2, -0.15) is 0 Å². The van der Waals surface area contributed by atoms with Crippen molar-refractivity contribution in [2.24, 2.45) is 0 Å². The lowest BCUT2D eigenvalue weighted by Crippen LogP contribution is -2.39. The zero-order chi connectivity index (χ0) is 17.2. The van der Waals surface area contributed by atoms with Crippen molar-refractivity contribution < 1.29 is 13.5 Å². The number of rotatable bonds is 4. The van der Waals surface area contributed by atoms with Gasteiger partial charge in [-0.05, 0) is 30.7 Å². The molecule has 2 heterocycles. The summed E-state index contributed by atoms with van der Waals surface area (Å²) in [6.45, 7) is 3.11. The minimum Gasteiger partial charge on any atom is -0.376 e. The second-order valence-electron chi connectivity index (χ2n) is 6.05. The van der Waals surface area contributed by atoms with Gasteiger partial charge in [-0.15, -0.1) is 0 Å². The third-order valence-corrected chi connectivity index (χ3v) is 5.47. The number of anilines is 3. The highest BCUT2D eigenvalue weighted by Crippen LogP contribution is 2.49. The maximum atomic E-state index is 14.2. The maximum Gasteiger partial charge on any atom is 0.147 e. The Morgan fingerprint density at radius 2 is 2.00 bits per heavy atom. The van der Waals surface area contributed by atoms with Gasteiger partial charge in [-0.25, -0.2) is 8.78 Å². The lowest BCUT2D eigenvalue weighted by Gasteiger charge is -2.26. The minimum absolute atomic E-state index is 0.147. The van der Waals surface area contributed by atoms with Gasteiger partial charge in [0.25, 0.3) is 0 Å². The molecule has 0 spiro atoms. The summed E-state index contributed by atoms with van der Waals surface area (Å²) in [5, 5.41) is 3.31. The van der Waals surface area contributed by atoms with Gasteiger partial charge in [0.05, 0.1) is 41.9 Å². The van der Waals surface area contributed by atoms with Crippen LogP contribution in [0.15, 0.2) is 42.5 Å². The molecule has 0 aliphatic carbocycles. The van der Waals surface area contributed by atoms with E-state index in [4.69, 9.17) is 4.74 Å². The highest BCUT2D eigenvalue weighted by molar-refractivity contribution is 8.02. The van der Waals surface area contributed by atoms with Crippen LogP contribution in [-0.4, -0.2) is 32.3 Å². The van der Waals surface area contributed by atoms with E-state index in [0.717, 1.165) is 30.9 Å². The number of ether oxygens (including phenoxy) is 1. The van der Waals surface area contributed by atoms with Gasteiger partial charge in [0.1, 0.15) is 11.6 Å². The Hall–Kier alpha value is -1.83. The molecule has 2 aromatic rings. The smallest absolute Gasteiger partial charge is 0.147 e. The number of benzene rings is 2. The van der Waals surface area contributed by atoms with Crippen molar-refractivity contribution in [1.82, 2.24) is 5.32 Å². The first kappa shape index (κ1) is 16.6. The van der Waals surface area contributed by atoms with Gasteiger partial charge in [-0.1, -0.05) is 12.1 Å². The van der Waals surface area contributed by atoms with Crippen LogP contribution in [0.1, 0.15) is 6.42 Å². The first-order valence-electron chi connectivity index (χ1n) is 8.34. The normalized spacial score (nSPS) is 20.0. The van der Waals surface area contributed by atoms with E-state index < -0.39 is 0 Å². The van der Waals surface area contributed by atoms with Crippen LogP contribution in [0.3, 0.4) is 0 Å². The Kier molecular flexibility index (Phi) is 4.78. The zero-order valence-corrected chi connectivity index (χ0v) is 14.4. The molecule has 25 heavy (non-hydrogen) atoms. The Bertz CT molecular complexity index is 755. The van der Waals surface area contributed by atoms with Gasteiger partial charge >= 0.3 is 0 Å². The standard InChI is InChI=1S/C18H19F2N3OS/c19-13-5-6-17-18(11-13)22(9-7-14-12-21-8-10-24-14)25-23(17)16-4-2-1-3-15(16)20/h1-6,11,14,21H,7-10,12H2/t14-/m1/s1. The summed E-state index contributed by atoms with van der Waals surface area (Å²) >= 11 is 1.39. The minimum atomic E-state index is -0.299. The molecule has 0 radical (unpaired) electrons. The topological polar surface area (TPSA) is 27.7 Å². The van der Waals surface area contributed by atoms with E-state index >= 15 is 0 Å². The van der Waals surface area contributed by atoms with Gasteiger partial charge < -0.3 is 10.1 Å². The van der Waals surface area contributed by atoms with Crippen LogP contribution >= 0.6 is 12.1 Å². The summed E-state index contributed by atoms with van der Waals surface area (Å²) in [6.07, 6.45) is 0.968. The van der Waals surface area contributed by atoms with Crippen LogP contribution < -0.4 is 13.9 Å². The summed E-state index contributed by atoms with van der Waals surface area (Å²) in [7, 11) is 0. The van der Waals surface area contributed by atoms with Crippen LogP contribution in [0.4, 0.5) is 25.8 Å². The average Bonchev–Trinajstić information content (AvgIpc) is 2.99. The summed E-state index contributed by atoms with van der Waals surface area (Å²) < 4.78 is 37.6. The number of hydrogen-bond donors (Lipinski definition) is 1. The molecule has 4 nitrogen and oxygen atoms in total. The van der Waals surface area contributed by atoms with Crippen molar-refractivity contribution >= 4 is 29.2 Å². The van der Waals surface area contributed by atoms with Gasteiger partial charge in [0.15, 0.2) is 0 Å². The molecule has 0 bridgehead atoms. The van der Waals surface area contributed by atoms with Crippen molar-refractivity contribution in [1.29, 1.82) is 0 Å². The van der Waals surface area contributed by atoms with Crippen molar-refractivity contribution in [2.45, 2.75) is 12.5 Å². The number of nitrogens with one attached hydrogen (secondary N) is 1. The van der Waals surface area contributed by atoms with Gasteiger partial charge in [0.2, 0.25) is 0 Å². The Balaban J connectivity index is 1.57. The van der Waals surface area contributed by atoms with Crippen LogP contribution in [0.25, 0.3) is 0 Å². The zero-order valence-electron chi connectivity index (χ0n) is 13.6. The molecule has 4 rings (SSSR count).